The molecule has 6 heteroatoms. The number of carbonyl (C=O) groups excluding carboxylic acids is 1. The lowest BCUT2D eigenvalue weighted by Gasteiger charge is -2.11. The third-order valence-corrected chi connectivity index (χ3v) is 3.86. The second-order valence-electron chi connectivity index (χ2n) is 5.06. The Morgan fingerprint density at radius 3 is 2.54 bits per heavy atom. The lowest BCUT2D eigenvalue weighted by molar-refractivity contribution is 0.252. The van der Waals surface area contributed by atoms with E-state index in [2.05, 4.69) is 26.6 Å². The summed E-state index contributed by atoms with van der Waals surface area (Å²) in [6.07, 6.45) is 0.705. The van der Waals surface area contributed by atoms with Crippen molar-refractivity contribution in [2.24, 2.45) is 0 Å². The van der Waals surface area contributed by atoms with E-state index >= 15 is 0 Å². The van der Waals surface area contributed by atoms with E-state index in [-0.39, 0.29) is 6.03 Å². The molecule has 0 saturated carbocycles. The van der Waals surface area contributed by atoms with E-state index in [0.717, 1.165) is 21.5 Å². The third-order valence-electron chi connectivity index (χ3n) is 3.33. The summed E-state index contributed by atoms with van der Waals surface area (Å²) in [7, 11) is 1.62. The second-order valence-corrected chi connectivity index (χ2v) is 5.97. The van der Waals surface area contributed by atoms with Crippen molar-refractivity contribution in [3.8, 4) is 11.5 Å². The summed E-state index contributed by atoms with van der Waals surface area (Å²) in [5.74, 6) is 1.43. The second kappa shape index (κ2) is 9.17. The van der Waals surface area contributed by atoms with Crippen molar-refractivity contribution in [3.05, 3.63) is 52.5 Å². The molecule has 0 spiro atoms. The average molecular weight is 393 g/mol. The molecule has 2 aromatic rings. The van der Waals surface area contributed by atoms with Crippen molar-refractivity contribution in [1.82, 2.24) is 5.32 Å². The highest BCUT2D eigenvalue weighted by Gasteiger charge is 2.06. The molecule has 0 heterocycles. The van der Waals surface area contributed by atoms with Crippen LogP contribution in [0.25, 0.3) is 0 Å². The molecule has 2 amide bonds. The van der Waals surface area contributed by atoms with Crippen molar-refractivity contribution >= 4 is 27.6 Å². The van der Waals surface area contributed by atoms with Gasteiger partial charge in [-0.2, -0.15) is 0 Å². The molecular weight excluding hydrogens is 372 g/mol. The topological polar surface area (TPSA) is 59.6 Å². The van der Waals surface area contributed by atoms with Gasteiger partial charge in [-0.15, -0.1) is 0 Å². The van der Waals surface area contributed by atoms with Gasteiger partial charge in [0.25, 0.3) is 0 Å². The fourth-order valence-electron chi connectivity index (χ4n) is 2.17. The minimum atomic E-state index is -0.227. The summed E-state index contributed by atoms with van der Waals surface area (Å²) in [5.41, 5.74) is 1.82. The summed E-state index contributed by atoms with van der Waals surface area (Å²) in [6, 6.07) is 13.0. The largest absolute Gasteiger partial charge is 0.493 e. The molecule has 0 atom stereocenters. The molecule has 5 nitrogen and oxygen atoms in total. The van der Waals surface area contributed by atoms with Gasteiger partial charge >= 0.3 is 6.03 Å². The third kappa shape index (κ3) is 5.45. The highest BCUT2D eigenvalue weighted by molar-refractivity contribution is 9.10. The molecule has 0 fully saturated rings. The highest BCUT2D eigenvalue weighted by Crippen LogP contribution is 2.28. The Morgan fingerprint density at radius 2 is 1.88 bits per heavy atom. The van der Waals surface area contributed by atoms with Crippen LogP contribution in [-0.4, -0.2) is 26.3 Å². The number of urea groups is 1. The van der Waals surface area contributed by atoms with E-state index in [9.17, 15) is 4.79 Å². The van der Waals surface area contributed by atoms with Crippen LogP contribution in [0, 0.1) is 0 Å². The van der Waals surface area contributed by atoms with E-state index in [1.807, 2.05) is 49.4 Å². The standard InChI is InChI=1S/C18H21BrN2O3/c1-3-24-16-9-4-13(12-17(16)23-2)10-11-20-18(22)21-15-7-5-14(19)6-8-15/h4-9,12H,3,10-11H2,1-2H3,(H2,20,21,22). The van der Waals surface area contributed by atoms with Gasteiger partial charge in [-0.05, 0) is 55.3 Å². The number of carbonyl (C=O) groups is 1. The summed E-state index contributed by atoms with van der Waals surface area (Å²) in [4.78, 5) is 11.9. The lowest BCUT2D eigenvalue weighted by atomic mass is 10.1. The van der Waals surface area contributed by atoms with Crippen LogP contribution in [0.2, 0.25) is 0 Å². The van der Waals surface area contributed by atoms with E-state index < -0.39 is 0 Å². The van der Waals surface area contributed by atoms with Crippen molar-refractivity contribution in [3.63, 3.8) is 0 Å². The van der Waals surface area contributed by atoms with E-state index in [1.165, 1.54) is 0 Å². The zero-order valence-corrected chi connectivity index (χ0v) is 15.4. The molecule has 2 N–H and O–H groups in total. The number of halogens is 1. The first-order valence-corrected chi connectivity index (χ1v) is 8.51. The number of methoxy groups -OCH3 is 1. The van der Waals surface area contributed by atoms with Crippen LogP contribution >= 0.6 is 15.9 Å². The van der Waals surface area contributed by atoms with Crippen LogP contribution < -0.4 is 20.1 Å². The molecule has 2 rings (SSSR count). The molecule has 128 valence electrons. The number of amides is 2. The molecule has 0 aliphatic rings. The van der Waals surface area contributed by atoms with Gasteiger partial charge < -0.3 is 20.1 Å². The van der Waals surface area contributed by atoms with Gasteiger partial charge in [-0.25, -0.2) is 4.79 Å². The van der Waals surface area contributed by atoms with Crippen molar-refractivity contribution in [1.29, 1.82) is 0 Å². The first-order chi connectivity index (χ1) is 11.6. The Hall–Kier alpha value is -2.21. The molecular formula is C18H21BrN2O3. The van der Waals surface area contributed by atoms with Crippen LogP contribution in [0.1, 0.15) is 12.5 Å². The number of hydrogen-bond acceptors (Lipinski definition) is 3. The first kappa shape index (κ1) is 18.1. The monoisotopic (exact) mass is 392 g/mol. The molecule has 2 aromatic carbocycles. The van der Waals surface area contributed by atoms with Gasteiger partial charge in [0.05, 0.1) is 13.7 Å². The number of anilines is 1. The molecule has 0 aliphatic carbocycles. The molecule has 0 bridgehead atoms. The summed E-state index contributed by atoms with van der Waals surface area (Å²) >= 11 is 3.36. The number of nitrogens with one attached hydrogen (secondary N) is 2. The summed E-state index contributed by atoms with van der Waals surface area (Å²) in [6.45, 7) is 3.05. The zero-order valence-electron chi connectivity index (χ0n) is 13.8. The number of hydrogen-bond donors (Lipinski definition) is 2. The predicted octanol–water partition coefficient (Wildman–Crippen LogP) is 4.22. The number of ether oxygens (including phenoxy) is 2. The van der Waals surface area contributed by atoms with Crippen LogP contribution in [0.3, 0.4) is 0 Å². The Balaban J connectivity index is 1.82. The van der Waals surface area contributed by atoms with Gasteiger partial charge in [0.15, 0.2) is 11.5 Å². The quantitative estimate of drug-likeness (QED) is 0.741. The maximum atomic E-state index is 11.9. The minimum absolute atomic E-state index is 0.227. The highest BCUT2D eigenvalue weighted by atomic mass is 79.9. The Morgan fingerprint density at radius 1 is 1.12 bits per heavy atom. The van der Waals surface area contributed by atoms with Gasteiger partial charge in [0.2, 0.25) is 0 Å². The SMILES string of the molecule is CCOc1ccc(CCNC(=O)Nc2ccc(Br)cc2)cc1OC. The van der Waals surface area contributed by atoms with Crippen LogP contribution in [0.15, 0.2) is 46.9 Å². The van der Waals surface area contributed by atoms with Crippen molar-refractivity contribution in [2.75, 3.05) is 25.6 Å². The van der Waals surface area contributed by atoms with E-state index in [1.54, 1.807) is 7.11 Å². The van der Waals surface area contributed by atoms with E-state index in [0.29, 0.717) is 25.3 Å². The normalized spacial score (nSPS) is 10.1. The zero-order chi connectivity index (χ0) is 17.4. The maximum Gasteiger partial charge on any atom is 0.319 e. The molecule has 0 unspecified atom stereocenters. The summed E-state index contributed by atoms with van der Waals surface area (Å²) in [5, 5.41) is 5.63. The molecule has 24 heavy (non-hydrogen) atoms. The van der Waals surface area contributed by atoms with Gasteiger partial charge in [-0.1, -0.05) is 22.0 Å². The lowest BCUT2D eigenvalue weighted by Crippen LogP contribution is -2.30. The van der Waals surface area contributed by atoms with Gasteiger partial charge in [0.1, 0.15) is 0 Å². The Bertz CT molecular complexity index is 674. The fraction of sp³-hybridized carbons (Fsp3) is 0.278. The van der Waals surface area contributed by atoms with Gasteiger partial charge in [-0.3, -0.25) is 0 Å². The van der Waals surface area contributed by atoms with Crippen molar-refractivity contribution in [2.45, 2.75) is 13.3 Å². The van der Waals surface area contributed by atoms with Crippen LogP contribution in [-0.2, 0) is 6.42 Å². The summed E-state index contributed by atoms with van der Waals surface area (Å²) < 4.78 is 11.8. The van der Waals surface area contributed by atoms with Gasteiger partial charge in [0, 0.05) is 16.7 Å². The average Bonchev–Trinajstić information content (AvgIpc) is 2.58. The minimum Gasteiger partial charge on any atom is -0.493 e. The molecule has 0 aliphatic heterocycles. The molecule has 0 aromatic heterocycles. The smallest absolute Gasteiger partial charge is 0.319 e. The number of rotatable bonds is 7. The maximum absolute atomic E-state index is 11.9. The first-order valence-electron chi connectivity index (χ1n) is 7.72. The van der Waals surface area contributed by atoms with Crippen LogP contribution in [0.5, 0.6) is 11.5 Å². The Labute approximate surface area is 150 Å². The number of benzene rings is 2. The fourth-order valence-corrected chi connectivity index (χ4v) is 2.44. The van der Waals surface area contributed by atoms with E-state index in [4.69, 9.17) is 9.47 Å². The van der Waals surface area contributed by atoms with Crippen LogP contribution in [0.4, 0.5) is 10.5 Å². The van der Waals surface area contributed by atoms with Crippen molar-refractivity contribution < 1.29 is 14.3 Å². The molecule has 0 radical (unpaired) electrons. The Kier molecular flexibility index (Phi) is 6.93. The molecule has 0 saturated heterocycles. The predicted molar refractivity (Wildman–Crippen MR) is 99.0 cm³/mol.